The molecule has 0 radical (unpaired) electrons. The normalized spacial score (nSPS) is 16.8. The Morgan fingerprint density at radius 1 is 1.05 bits per heavy atom. The summed E-state index contributed by atoms with van der Waals surface area (Å²) in [5, 5.41) is -0.0834. The molecule has 1 aromatic heterocycles. The van der Waals surface area contributed by atoms with Gasteiger partial charge in [0.25, 0.3) is 16.6 Å². The standard InChI is InChI=1S/C25H26F7N3O2S/c1-24(2,3)13-34-12-18(22(23(28)29)33-38(36,37)35-10-14(26)11-35)17-8-20(27)16(9-21(17)34)15-6-4-5-7-19(15)25(30,31)32/h4-9,12,14,22-23,33H,10-11,13H2,1-3H3/t22-/m0/s1. The van der Waals surface area contributed by atoms with Crippen LogP contribution >= 0.6 is 0 Å². The van der Waals surface area contributed by atoms with Crippen LogP contribution in [-0.4, -0.2) is 43.0 Å². The average molecular weight is 566 g/mol. The maximum absolute atomic E-state index is 15.4. The molecule has 1 aliphatic heterocycles. The van der Waals surface area contributed by atoms with E-state index in [0.717, 1.165) is 24.3 Å². The van der Waals surface area contributed by atoms with E-state index in [2.05, 4.69) is 0 Å². The van der Waals surface area contributed by atoms with Gasteiger partial charge in [-0.2, -0.15) is 30.6 Å². The van der Waals surface area contributed by atoms with Gasteiger partial charge in [0.2, 0.25) is 0 Å². The molecule has 1 fully saturated rings. The number of nitrogens with one attached hydrogen (secondary N) is 1. The molecule has 0 spiro atoms. The van der Waals surface area contributed by atoms with Gasteiger partial charge in [-0.05, 0) is 29.2 Å². The maximum atomic E-state index is 15.4. The molecule has 208 valence electrons. The fraction of sp³-hybridized carbons (Fsp3) is 0.440. The molecule has 5 nitrogen and oxygen atoms in total. The molecule has 0 amide bonds. The number of fused-ring (bicyclic) bond motifs is 1. The van der Waals surface area contributed by atoms with Crippen molar-refractivity contribution in [2.24, 2.45) is 5.41 Å². The van der Waals surface area contributed by atoms with Gasteiger partial charge in [0.15, 0.2) is 0 Å². The van der Waals surface area contributed by atoms with Crippen molar-refractivity contribution in [3.63, 3.8) is 0 Å². The molecule has 38 heavy (non-hydrogen) atoms. The van der Waals surface area contributed by atoms with Gasteiger partial charge in [-0.3, -0.25) is 0 Å². The highest BCUT2D eigenvalue weighted by atomic mass is 32.2. The molecule has 2 aromatic carbocycles. The largest absolute Gasteiger partial charge is 0.417 e. The van der Waals surface area contributed by atoms with Crippen LogP contribution in [0.4, 0.5) is 30.7 Å². The van der Waals surface area contributed by atoms with Crippen molar-refractivity contribution >= 4 is 21.1 Å². The van der Waals surface area contributed by atoms with Crippen molar-refractivity contribution in [2.75, 3.05) is 13.1 Å². The zero-order valence-electron chi connectivity index (χ0n) is 20.7. The quantitative estimate of drug-likeness (QED) is 0.342. The van der Waals surface area contributed by atoms with E-state index in [1.54, 1.807) is 0 Å². The van der Waals surface area contributed by atoms with Crippen molar-refractivity contribution in [1.82, 2.24) is 13.6 Å². The van der Waals surface area contributed by atoms with Crippen LogP contribution in [0.1, 0.15) is 37.9 Å². The SMILES string of the molecule is CC(C)(C)Cn1cc([C@H](NS(=O)(=O)N2CC(F)C2)C(F)F)c2cc(F)c(-c3ccccc3C(F)(F)F)cc21. The predicted octanol–water partition coefficient (Wildman–Crippen LogP) is 6.31. The minimum atomic E-state index is -4.77. The summed E-state index contributed by atoms with van der Waals surface area (Å²) in [4.78, 5) is 0. The third-order valence-corrected chi connectivity index (χ3v) is 7.70. The highest BCUT2D eigenvalue weighted by Gasteiger charge is 2.40. The first kappa shape index (κ1) is 28.4. The molecule has 1 saturated heterocycles. The van der Waals surface area contributed by atoms with Gasteiger partial charge in [0, 0.05) is 47.9 Å². The summed E-state index contributed by atoms with van der Waals surface area (Å²) in [5.74, 6) is -1.09. The number of benzene rings is 2. The molecule has 1 atom stereocenters. The Labute approximate surface area is 215 Å². The van der Waals surface area contributed by atoms with Crippen LogP contribution in [0.15, 0.2) is 42.6 Å². The van der Waals surface area contributed by atoms with Gasteiger partial charge in [-0.1, -0.05) is 39.0 Å². The molecule has 0 bridgehead atoms. The summed E-state index contributed by atoms with van der Waals surface area (Å²) in [6.07, 6.45) is -8.19. The van der Waals surface area contributed by atoms with E-state index < -0.39 is 70.5 Å². The minimum absolute atomic E-state index is 0.0834. The third-order valence-electron chi connectivity index (χ3n) is 6.17. The molecule has 1 N–H and O–H groups in total. The Bertz CT molecular complexity index is 1440. The Kier molecular flexibility index (Phi) is 7.34. The second kappa shape index (κ2) is 9.83. The monoisotopic (exact) mass is 565 g/mol. The lowest BCUT2D eigenvalue weighted by atomic mass is 9.95. The number of aromatic nitrogens is 1. The lowest BCUT2D eigenvalue weighted by molar-refractivity contribution is -0.137. The molecule has 0 unspecified atom stereocenters. The lowest BCUT2D eigenvalue weighted by Gasteiger charge is -2.34. The zero-order chi connectivity index (χ0) is 28.2. The molecular weight excluding hydrogens is 539 g/mol. The summed E-state index contributed by atoms with van der Waals surface area (Å²) in [6.45, 7) is 4.76. The maximum Gasteiger partial charge on any atom is 0.417 e. The van der Waals surface area contributed by atoms with Crippen LogP contribution < -0.4 is 4.72 Å². The summed E-state index contributed by atoms with van der Waals surface area (Å²) in [5.41, 5.74) is -2.40. The van der Waals surface area contributed by atoms with E-state index in [-0.39, 0.29) is 28.6 Å². The fourth-order valence-corrected chi connectivity index (χ4v) is 5.89. The van der Waals surface area contributed by atoms with E-state index in [4.69, 9.17) is 0 Å². The van der Waals surface area contributed by atoms with E-state index in [9.17, 15) is 34.8 Å². The molecule has 0 saturated carbocycles. The van der Waals surface area contributed by atoms with Crippen LogP contribution in [0.2, 0.25) is 0 Å². The Morgan fingerprint density at radius 3 is 2.24 bits per heavy atom. The number of rotatable bonds is 7. The van der Waals surface area contributed by atoms with Crippen LogP contribution in [0, 0.1) is 11.2 Å². The molecular formula is C25H26F7N3O2S. The molecule has 0 aliphatic carbocycles. The number of alkyl halides is 6. The lowest BCUT2D eigenvalue weighted by Crippen LogP contribution is -2.56. The van der Waals surface area contributed by atoms with Crippen molar-refractivity contribution in [2.45, 2.75) is 52.1 Å². The Hall–Kier alpha value is -2.64. The van der Waals surface area contributed by atoms with Gasteiger partial charge in [-0.25, -0.2) is 17.6 Å². The number of halogens is 7. The second-order valence-electron chi connectivity index (χ2n) is 10.5. The topological polar surface area (TPSA) is 54.3 Å². The van der Waals surface area contributed by atoms with Crippen molar-refractivity contribution in [3.8, 4) is 11.1 Å². The highest BCUT2D eigenvalue weighted by Crippen LogP contribution is 2.41. The van der Waals surface area contributed by atoms with Crippen molar-refractivity contribution in [1.29, 1.82) is 0 Å². The summed E-state index contributed by atoms with van der Waals surface area (Å²) < 4.78 is 127. The van der Waals surface area contributed by atoms with Crippen molar-refractivity contribution in [3.05, 3.63) is 59.5 Å². The first-order chi connectivity index (χ1) is 17.5. The van der Waals surface area contributed by atoms with Crippen molar-refractivity contribution < 1.29 is 39.2 Å². The van der Waals surface area contributed by atoms with E-state index in [1.165, 1.54) is 22.9 Å². The molecule has 2 heterocycles. The fourth-order valence-electron chi connectivity index (χ4n) is 4.47. The van der Waals surface area contributed by atoms with Gasteiger partial charge in [0.05, 0.1) is 5.56 Å². The first-order valence-corrected chi connectivity index (χ1v) is 13.1. The third kappa shape index (κ3) is 5.69. The van der Waals surface area contributed by atoms with Gasteiger partial charge >= 0.3 is 6.18 Å². The van der Waals surface area contributed by atoms with Gasteiger partial charge in [0.1, 0.15) is 18.0 Å². The molecule has 4 rings (SSSR count). The predicted molar refractivity (Wildman–Crippen MR) is 129 cm³/mol. The van der Waals surface area contributed by atoms with Crippen LogP contribution in [0.3, 0.4) is 0 Å². The average Bonchev–Trinajstić information content (AvgIpc) is 3.09. The number of hydrogen-bond acceptors (Lipinski definition) is 2. The molecule has 1 aliphatic rings. The summed E-state index contributed by atoms with van der Waals surface area (Å²) >= 11 is 0. The number of nitrogens with zero attached hydrogens (tertiary/aromatic N) is 2. The van der Waals surface area contributed by atoms with Crippen LogP contribution in [0.5, 0.6) is 0 Å². The van der Waals surface area contributed by atoms with Crippen LogP contribution in [0.25, 0.3) is 22.0 Å². The Morgan fingerprint density at radius 2 is 1.68 bits per heavy atom. The molecule has 13 heteroatoms. The van der Waals surface area contributed by atoms with E-state index in [1.807, 2.05) is 25.5 Å². The zero-order valence-corrected chi connectivity index (χ0v) is 21.5. The molecule has 3 aromatic rings. The number of hydrogen-bond donors (Lipinski definition) is 1. The smallest absolute Gasteiger partial charge is 0.347 e. The van der Waals surface area contributed by atoms with E-state index in [0.29, 0.717) is 4.31 Å². The summed E-state index contributed by atoms with van der Waals surface area (Å²) in [6, 6.07) is 4.32. The minimum Gasteiger partial charge on any atom is -0.347 e. The van der Waals surface area contributed by atoms with Gasteiger partial charge < -0.3 is 4.57 Å². The highest BCUT2D eigenvalue weighted by molar-refractivity contribution is 7.87. The Balaban J connectivity index is 1.90. The van der Waals surface area contributed by atoms with Gasteiger partial charge in [-0.15, -0.1) is 0 Å². The second-order valence-corrected chi connectivity index (χ2v) is 12.2. The first-order valence-electron chi connectivity index (χ1n) is 11.7. The van der Waals surface area contributed by atoms with Crippen LogP contribution in [-0.2, 0) is 22.9 Å². The summed E-state index contributed by atoms with van der Waals surface area (Å²) in [7, 11) is -4.49. The van der Waals surface area contributed by atoms with E-state index >= 15 is 4.39 Å².